The molecule has 3 rings (SSSR count). The molecule has 2 aromatic heterocycles. The molecule has 5 nitrogen and oxygen atoms in total. The third kappa shape index (κ3) is 2.78. The Morgan fingerprint density at radius 2 is 2.15 bits per heavy atom. The molecule has 0 aliphatic rings. The Morgan fingerprint density at radius 1 is 1.30 bits per heavy atom. The molecule has 102 valence electrons. The van der Waals surface area contributed by atoms with Crippen molar-refractivity contribution in [3.63, 3.8) is 0 Å². The summed E-state index contributed by atoms with van der Waals surface area (Å²) in [7, 11) is 0. The highest BCUT2D eigenvalue weighted by Crippen LogP contribution is 2.16. The second kappa shape index (κ2) is 5.71. The quantitative estimate of drug-likeness (QED) is 0.746. The van der Waals surface area contributed by atoms with Gasteiger partial charge in [0, 0.05) is 42.4 Å². The molecule has 0 saturated carbocycles. The largest absolute Gasteiger partial charge is 0.306 e. The summed E-state index contributed by atoms with van der Waals surface area (Å²) >= 11 is 0. The first-order valence-corrected chi connectivity index (χ1v) is 6.62. The highest BCUT2D eigenvalue weighted by Gasteiger charge is 2.05. The highest BCUT2D eigenvalue weighted by atomic mass is 15.1. The summed E-state index contributed by atoms with van der Waals surface area (Å²) in [6.45, 7) is 2.97. The van der Waals surface area contributed by atoms with Gasteiger partial charge in [-0.25, -0.2) is 4.98 Å². The van der Waals surface area contributed by atoms with Gasteiger partial charge in [-0.05, 0) is 24.6 Å². The molecule has 5 heteroatoms. The van der Waals surface area contributed by atoms with Crippen LogP contribution in [0.5, 0.6) is 0 Å². The maximum atomic E-state index is 4.06. The van der Waals surface area contributed by atoms with Crippen molar-refractivity contribution in [3.8, 4) is 5.69 Å². The molecule has 0 aliphatic heterocycles. The Labute approximate surface area is 117 Å². The third-order valence-electron chi connectivity index (χ3n) is 3.36. The molecule has 2 N–H and O–H groups in total. The fourth-order valence-electron chi connectivity index (χ4n) is 2.11. The van der Waals surface area contributed by atoms with Crippen molar-refractivity contribution in [1.82, 2.24) is 25.1 Å². The van der Waals surface area contributed by atoms with Gasteiger partial charge in [0.2, 0.25) is 0 Å². The van der Waals surface area contributed by atoms with Gasteiger partial charge in [-0.15, -0.1) is 0 Å². The number of nitrogens with zero attached hydrogens (tertiary/aromatic N) is 3. The lowest BCUT2D eigenvalue weighted by Crippen LogP contribution is -2.17. The van der Waals surface area contributed by atoms with Crippen molar-refractivity contribution in [2.75, 3.05) is 0 Å². The molecule has 3 aromatic rings. The van der Waals surface area contributed by atoms with Crippen molar-refractivity contribution < 1.29 is 0 Å². The molecular formula is C15H17N5. The van der Waals surface area contributed by atoms with Crippen LogP contribution in [-0.4, -0.2) is 19.7 Å². The molecule has 1 aromatic carbocycles. The molecule has 1 atom stereocenters. The second-order valence-corrected chi connectivity index (χ2v) is 4.77. The summed E-state index contributed by atoms with van der Waals surface area (Å²) in [5.41, 5.74) is 3.54. The van der Waals surface area contributed by atoms with Gasteiger partial charge in [-0.1, -0.05) is 12.1 Å². The van der Waals surface area contributed by atoms with Gasteiger partial charge in [0.25, 0.3) is 0 Å². The predicted octanol–water partition coefficient (Wildman–Crippen LogP) is 2.45. The Morgan fingerprint density at radius 3 is 2.80 bits per heavy atom. The zero-order valence-electron chi connectivity index (χ0n) is 11.3. The summed E-state index contributed by atoms with van der Waals surface area (Å²) in [5.74, 6) is 0. The van der Waals surface area contributed by atoms with Crippen LogP contribution in [0.1, 0.15) is 24.1 Å². The van der Waals surface area contributed by atoms with Gasteiger partial charge >= 0.3 is 0 Å². The van der Waals surface area contributed by atoms with E-state index in [0.29, 0.717) is 6.04 Å². The topological polar surface area (TPSA) is 58.5 Å². The van der Waals surface area contributed by atoms with Crippen LogP contribution in [-0.2, 0) is 6.54 Å². The highest BCUT2D eigenvalue weighted by molar-refractivity contribution is 5.35. The second-order valence-electron chi connectivity index (χ2n) is 4.77. The van der Waals surface area contributed by atoms with Crippen LogP contribution in [0.3, 0.4) is 0 Å². The number of aromatic amines is 1. The summed E-state index contributed by atoms with van der Waals surface area (Å²) in [6, 6.07) is 8.78. The van der Waals surface area contributed by atoms with E-state index in [1.54, 1.807) is 12.5 Å². The van der Waals surface area contributed by atoms with Crippen LogP contribution in [0, 0.1) is 0 Å². The molecule has 0 saturated heterocycles. The van der Waals surface area contributed by atoms with E-state index in [1.165, 1.54) is 5.56 Å². The molecule has 0 bridgehead atoms. The molecule has 0 aliphatic carbocycles. The Kier molecular flexibility index (Phi) is 3.60. The van der Waals surface area contributed by atoms with Gasteiger partial charge in [0.05, 0.1) is 12.5 Å². The first kappa shape index (κ1) is 12.6. The average Bonchev–Trinajstić information content (AvgIpc) is 3.18. The van der Waals surface area contributed by atoms with E-state index >= 15 is 0 Å². The lowest BCUT2D eigenvalue weighted by molar-refractivity contribution is 0.575. The smallest absolute Gasteiger partial charge is 0.0991 e. The van der Waals surface area contributed by atoms with Crippen molar-refractivity contribution in [1.29, 1.82) is 0 Å². The number of hydrogen-bond acceptors (Lipinski definition) is 3. The minimum atomic E-state index is 0.293. The maximum Gasteiger partial charge on any atom is 0.0991 e. The average molecular weight is 267 g/mol. The molecule has 20 heavy (non-hydrogen) atoms. The van der Waals surface area contributed by atoms with E-state index in [2.05, 4.69) is 51.7 Å². The fourth-order valence-corrected chi connectivity index (χ4v) is 2.11. The van der Waals surface area contributed by atoms with Crippen LogP contribution in [0.25, 0.3) is 5.69 Å². The minimum absolute atomic E-state index is 0.293. The summed E-state index contributed by atoms with van der Waals surface area (Å²) in [5, 5.41) is 10.2. The number of nitrogens with one attached hydrogen (secondary N) is 2. The number of aromatic nitrogens is 4. The summed E-state index contributed by atoms with van der Waals surface area (Å²) in [4.78, 5) is 4.06. The van der Waals surface area contributed by atoms with E-state index in [-0.39, 0.29) is 0 Å². The number of hydrogen-bond donors (Lipinski definition) is 2. The number of H-pyrrole nitrogens is 1. The van der Waals surface area contributed by atoms with Gasteiger partial charge < -0.3 is 9.88 Å². The van der Waals surface area contributed by atoms with Crippen molar-refractivity contribution in [2.45, 2.75) is 19.5 Å². The van der Waals surface area contributed by atoms with Crippen molar-refractivity contribution >= 4 is 0 Å². The Bertz CT molecular complexity index is 625. The monoisotopic (exact) mass is 267 g/mol. The van der Waals surface area contributed by atoms with Crippen LogP contribution < -0.4 is 5.32 Å². The Hall–Kier alpha value is -2.40. The van der Waals surface area contributed by atoms with E-state index < -0.39 is 0 Å². The van der Waals surface area contributed by atoms with Gasteiger partial charge in [-0.3, -0.25) is 5.10 Å². The van der Waals surface area contributed by atoms with E-state index in [9.17, 15) is 0 Å². The Balaban J connectivity index is 1.65. The first-order valence-electron chi connectivity index (χ1n) is 6.62. The molecule has 1 unspecified atom stereocenters. The molecule has 0 radical (unpaired) electrons. The van der Waals surface area contributed by atoms with Crippen LogP contribution >= 0.6 is 0 Å². The van der Waals surface area contributed by atoms with E-state index in [4.69, 9.17) is 0 Å². The normalized spacial score (nSPS) is 12.4. The number of rotatable bonds is 5. The van der Waals surface area contributed by atoms with Gasteiger partial charge in [0.15, 0.2) is 0 Å². The van der Waals surface area contributed by atoms with E-state index in [0.717, 1.165) is 17.8 Å². The van der Waals surface area contributed by atoms with Crippen LogP contribution in [0.15, 0.2) is 55.4 Å². The van der Waals surface area contributed by atoms with Crippen LogP contribution in [0.2, 0.25) is 0 Å². The van der Waals surface area contributed by atoms with Crippen LogP contribution in [0.4, 0.5) is 0 Å². The molecule has 0 spiro atoms. The maximum absolute atomic E-state index is 4.06. The first-order chi connectivity index (χ1) is 9.83. The standard InChI is InChI=1S/C15H17N5/c1-12(17-8-13-9-18-19-10-13)14-2-4-15(5-3-14)20-7-6-16-11-20/h2-7,9-12,17H,8H2,1H3,(H,18,19). The zero-order valence-corrected chi connectivity index (χ0v) is 11.3. The summed E-state index contributed by atoms with van der Waals surface area (Å²) in [6.07, 6.45) is 9.26. The SMILES string of the molecule is CC(NCc1cn[nH]c1)c1ccc(-n2ccnc2)cc1. The summed E-state index contributed by atoms with van der Waals surface area (Å²) < 4.78 is 1.99. The van der Waals surface area contributed by atoms with Crippen molar-refractivity contribution in [3.05, 3.63) is 66.5 Å². The molecule has 0 amide bonds. The number of benzene rings is 1. The molecule has 2 heterocycles. The molecular weight excluding hydrogens is 250 g/mol. The predicted molar refractivity (Wildman–Crippen MR) is 77.4 cm³/mol. The molecule has 0 fully saturated rings. The van der Waals surface area contributed by atoms with Crippen molar-refractivity contribution in [2.24, 2.45) is 0 Å². The van der Waals surface area contributed by atoms with E-state index in [1.807, 2.05) is 23.2 Å². The zero-order chi connectivity index (χ0) is 13.8. The lowest BCUT2D eigenvalue weighted by atomic mass is 10.1. The van der Waals surface area contributed by atoms with Gasteiger partial charge in [-0.2, -0.15) is 5.10 Å². The fraction of sp³-hybridized carbons (Fsp3) is 0.200. The number of imidazole rings is 1. The van der Waals surface area contributed by atoms with Gasteiger partial charge in [0.1, 0.15) is 0 Å². The third-order valence-corrected chi connectivity index (χ3v) is 3.36. The lowest BCUT2D eigenvalue weighted by Gasteiger charge is -2.14. The minimum Gasteiger partial charge on any atom is -0.306 e.